The molecular formula is C15H17N3O3. The SMILES string of the molecule is CC(C(=O)O)C(=O)NC(c1ccccc1)c1nccn1C. The maximum atomic E-state index is 12.0. The fourth-order valence-electron chi connectivity index (χ4n) is 1.98. The van der Waals surface area contributed by atoms with Crippen molar-refractivity contribution in [3.05, 3.63) is 54.1 Å². The number of carboxylic acid groups (broad SMARTS) is 1. The highest BCUT2D eigenvalue weighted by atomic mass is 16.4. The van der Waals surface area contributed by atoms with Gasteiger partial charge < -0.3 is 15.0 Å². The molecule has 0 saturated carbocycles. The van der Waals surface area contributed by atoms with Gasteiger partial charge in [0.05, 0.1) is 0 Å². The third-order valence-electron chi connectivity index (χ3n) is 3.30. The van der Waals surface area contributed by atoms with Crippen LogP contribution in [0, 0.1) is 5.92 Å². The lowest BCUT2D eigenvalue weighted by Crippen LogP contribution is -2.37. The molecule has 0 fully saturated rings. The van der Waals surface area contributed by atoms with Crippen LogP contribution in [0.25, 0.3) is 0 Å². The average molecular weight is 287 g/mol. The number of nitrogens with one attached hydrogen (secondary N) is 1. The molecule has 6 nitrogen and oxygen atoms in total. The number of hydrogen-bond acceptors (Lipinski definition) is 3. The molecular weight excluding hydrogens is 270 g/mol. The molecule has 2 rings (SSSR count). The number of aliphatic carboxylic acids is 1. The molecule has 1 aromatic heterocycles. The first-order valence-electron chi connectivity index (χ1n) is 6.56. The van der Waals surface area contributed by atoms with Gasteiger partial charge in [0.25, 0.3) is 0 Å². The van der Waals surface area contributed by atoms with E-state index in [2.05, 4.69) is 10.3 Å². The summed E-state index contributed by atoms with van der Waals surface area (Å²) in [4.78, 5) is 27.2. The number of amides is 1. The van der Waals surface area contributed by atoms with E-state index in [1.54, 1.807) is 17.0 Å². The first-order chi connectivity index (χ1) is 10.0. The highest BCUT2D eigenvalue weighted by Gasteiger charge is 2.26. The highest BCUT2D eigenvalue weighted by Crippen LogP contribution is 2.20. The van der Waals surface area contributed by atoms with Crippen LogP contribution in [-0.2, 0) is 16.6 Å². The first kappa shape index (κ1) is 14.8. The Bertz CT molecular complexity index is 637. The second-order valence-electron chi connectivity index (χ2n) is 4.81. The van der Waals surface area contributed by atoms with Crippen LogP contribution in [0.5, 0.6) is 0 Å². The monoisotopic (exact) mass is 287 g/mol. The Balaban J connectivity index is 2.32. The summed E-state index contributed by atoms with van der Waals surface area (Å²) in [5.74, 6) is -2.16. The van der Waals surface area contributed by atoms with Gasteiger partial charge in [-0.3, -0.25) is 9.59 Å². The lowest BCUT2D eigenvalue weighted by atomic mass is 10.0. The van der Waals surface area contributed by atoms with Crippen molar-refractivity contribution in [2.45, 2.75) is 13.0 Å². The van der Waals surface area contributed by atoms with Crippen molar-refractivity contribution >= 4 is 11.9 Å². The number of aryl methyl sites for hydroxylation is 1. The number of rotatable bonds is 5. The third kappa shape index (κ3) is 3.28. The van der Waals surface area contributed by atoms with E-state index in [1.807, 2.05) is 37.4 Å². The Morgan fingerprint density at radius 2 is 1.95 bits per heavy atom. The van der Waals surface area contributed by atoms with E-state index in [9.17, 15) is 9.59 Å². The predicted molar refractivity (Wildman–Crippen MR) is 76.4 cm³/mol. The van der Waals surface area contributed by atoms with Gasteiger partial charge in [-0.1, -0.05) is 30.3 Å². The summed E-state index contributed by atoms with van der Waals surface area (Å²) < 4.78 is 1.80. The molecule has 2 unspecified atom stereocenters. The van der Waals surface area contributed by atoms with Crippen molar-refractivity contribution in [3.63, 3.8) is 0 Å². The summed E-state index contributed by atoms with van der Waals surface area (Å²) in [7, 11) is 1.82. The fourth-order valence-corrected chi connectivity index (χ4v) is 1.98. The second-order valence-corrected chi connectivity index (χ2v) is 4.81. The molecule has 2 aromatic rings. The zero-order valence-electron chi connectivity index (χ0n) is 11.9. The molecule has 0 radical (unpaired) electrons. The van der Waals surface area contributed by atoms with Crippen LogP contribution >= 0.6 is 0 Å². The van der Waals surface area contributed by atoms with Gasteiger partial charge in [-0.2, -0.15) is 0 Å². The van der Waals surface area contributed by atoms with E-state index in [4.69, 9.17) is 5.11 Å². The first-order valence-corrected chi connectivity index (χ1v) is 6.56. The highest BCUT2D eigenvalue weighted by molar-refractivity contribution is 5.96. The molecule has 110 valence electrons. The Kier molecular flexibility index (Phi) is 4.37. The molecule has 0 bridgehead atoms. The summed E-state index contributed by atoms with van der Waals surface area (Å²) in [5, 5.41) is 11.7. The van der Waals surface area contributed by atoms with Crippen molar-refractivity contribution in [1.29, 1.82) is 0 Å². The van der Waals surface area contributed by atoms with E-state index in [-0.39, 0.29) is 0 Å². The largest absolute Gasteiger partial charge is 0.481 e. The van der Waals surface area contributed by atoms with Crippen molar-refractivity contribution in [2.24, 2.45) is 13.0 Å². The molecule has 0 aliphatic carbocycles. The van der Waals surface area contributed by atoms with E-state index < -0.39 is 23.8 Å². The lowest BCUT2D eigenvalue weighted by molar-refractivity contribution is -0.146. The molecule has 2 N–H and O–H groups in total. The number of aromatic nitrogens is 2. The molecule has 2 atom stereocenters. The van der Waals surface area contributed by atoms with E-state index in [0.29, 0.717) is 5.82 Å². The molecule has 0 saturated heterocycles. The third-order valence-corrected chi connectivity index (χ3v) is 3.30. The normalized spacial score (nSPS) is 13.4. The van der Waals surface area contributed by atoms with E-state index in [1.165, 1.54) is 6.92 Å². The molecule has 0 aliphatic rings. The van der Waals surface area contributed by atoms with Gasteiger partial charge in [0.2, 0.25) is 5.91 Å². The van der Waals surface area contributed by atoms with Gasteiger partial charge in [-0.05, 0) is 12.5 Å². The number of carbonyl (C=O) groups is 2. The lowest BCUT2D eigenvalue weighted by Gasteiger charge is -2.20. The van der Waals surface area contributed by atoms with Gasteiger partial charge >= 0.3 is 5.97 Å². The number of carbonyl (C=O) groups excluding carboxylic acids is 1. The van der Waals surface area contributed by atoms with Crippen LogP contribution < -0.4 is 5.32 Å². The van der Waals surface area contributed by atoms with E-state index in [0.717, 1.165) is 5.56 Å². The van der Waals surface area contributed by atoms with Crippen LogP contribution in [0.4, 0.5) is 0 Å². The van der Waals surface area contributed by atoms with Crippen LogP contribution in [0.15, 0.2) is 42.7 Å². The molecule has 21 heavy (non-hydrogen) atoms. The minimum atomic E-state index is -1.15. The number of hydrogen-bond donors (Lipinski definition) is 2. The molecule has 0 aliphatic heterocycles. The molecule has 0 spiro atoms. The van der Waals surface area contributed by atoms with Crippen molar-refractivity contribution in [1.82, 2.24) is 14.9 Å². The Labute approximate surface area is 122 Å². The van der Waals surface area contributed by atoms with Gasteiger partial charge in [-0.25, -0.2) is 4.98 Å². The molecule has 1 amide bonds. The standard InChI is InChI=1S/C15H17N3O3/c1-10(15(20)21)14(19)17-12(11-6-4-3-5-7-11)13-16-8-9-18(13)2/h3-10,12H,1-2H3,(H,17,19)(H,20,21). The summed E-state index contributed by atoms with van der Waals surface area (Å²) in [6, 6.07) is 8.84. The minimum absolute atomic E-state index is 0.486. The predicted octanol–water partition coefficient (Wildman–Crippen LogP) is 1.35. The Morgan fingerprint density at radius 3 is 2.48 bits per heavy atom. The van der Waals surface area contributed by atoms with Crippen molar-refractivity contribution in [2.75, 3.05) is 0 Å². The maximum Gasteiger partial charge on any atom is 0.315 e. The van der Waals surface area contributed by atoms with Crippen molar-refractivity contribution in [3.8, 4) is 0 Å². The zero-order valence-corrected chi connectivity index (χ0v) is 11.9. The topological polar surface area (TPSA) is 84.2 Å². The minimum Gasteiger partial charge on any atom is -0.481 e. The Hall–Kier alpha value is -2.63. The molecule has 6 heteroatoms. The number of nitrogens with zero attached hydrogens (tertiary/aromatic N) is 2. The van der Waals surface area contributed by atoms with Gasteiger partial charge in [-0.15, -0.1) is 0 Å². The van der Waals surface area contributed by atoms with Crippen LogP contribution in [0.3, 0.4) is 0 Å². The molecule has 1 aromatic carbocycles. The van der Waals surface area contributed by atoms with E-state index >= 15 is 0 Å². The Morgan fingerprint density at radius 1 is 1.29 bits per heavy atom. The van der Waals surface area contributed by atoms with Gasteiger partial charge in [0, 0.05) is 19.4 Å². The number of benzene rings is 1. The van der Waals surface area contributed by atoms with Gasteiger partial charge in [0.1, 0.15) is 17.8 Å². The quantitative estimate of drug-likeness (QED) is 0.813. The summed E-state index contributed by atoms with van der Waals surface area (Å²) in [6.45, 7) is 1.36. The summed E-state index contributed by atoms with van der Waals surface area (Å²) in [5.41, 5.74) is 0.845. The number of imidazole rings is 1. The number of carboxylic acids is 1. The molecule has 1 heterocycles. The smallest absolute Gasteiger partial charge is 0.315 e. The van der Waals surface area contributed by atoms with Crippen LogP contribution in [-0.4, -0.2) is 26.5 Å². The van der Waals surface area contributed by atoms with Crippen molar-refractivity contribution < 1.29 is 14.7 Å². The summed E-state index contributed by atoms with van der Waals surface area (Å²) in [6.07, 6.45) is 3.41. The fraction of sp³-hybridized carbons (Fsp3) is 0.267. The average Bonchev–Trinajstić information content (AvgIpc) is 2.90. The van der Waals surface area contributed by atoms with Crippen LogP contribution in [0.1, 0.15) is 24.4 Å². The van der Waals surface area contributed by atoms with Gasteiger partial charge in [0.15, 0.2) is 0 Å². The van der Waals surface area contributed by atoms with Crippen LogP contribution in [0.2, 0.25) is 0 Å². The summed E-state index contributed by atoms with van der Waals surface area (Å²) >= 11 is 0. The second kappa shape index (κ2) is 6.21. The maximum absolute atomic E-state index is 12.0. The zero-order chi connectivity index (χ0) is 15.4.